The van der Waals surface area contributed by atoms with Crippen LogP contribution in [0.15, 0.2) is 12.1 Å². The molecule has 0 saturated heterocycles. The molecule has 2 heteroatoms. The van der Waals surface area contributed by atoms with Crippen LogP contribution >= 0.6 is 0 Å². The summed E-state index contributed by atoms with van der Waals surface area (Å²) < 4.78 is 0. The van der Waals surface area contributed by atoms with Gasteiger partial charge in [-0.2, -0.15) is 0 Å². The minimum Gasteiger partial charge on any atom is -0.508 e. The van der Waals surface area contributed by atoms with Gasteiger partial charge in [-0.15, -0.1) is 0 Å². The molecule has 0 bridgehead atoms. The Hall–Kier alpha value is -1.02. The fourth-order valence-electron chi connectivity index (χ4n) is 1.82. The Morgan fingerprint density at radius 1 is 1.20 bits per heavy atom. The lowest BCUT2D eigenvalue weighted by Gasteiger charge is -2.10. The molecule has 0 radical (unpaired) electrons. The monoisotopic (exact) mass is 206 g/mol. The number of benzene rings is 1. The van der Waals surface area contributed by atoms with Crippen molar-refractivity contribution in [3.8, 4) is 5.75 Å². The maximum atomic E-state index is 9.75. The second-order valence-electron chi connectivity index (χ2n) is 4.79. The molecule has 0 unspecified atom stereocenters. The molecule has 2 nitrogen and oxygen atoms in total. The molecule has 0 spiro atoms. The molecule has 1 fully saturated rings. The van der Waals surface area contributed by atoms with Crippen LogP contribution < -0.4 is 0 Å². The quantitative estimate of drug-likeness (QED) is 0.797. The molecule has 0 atom stereocenters. The fraction of sp³-hybridized carbons (Fsp3) is 0.538. The summed E-state index contributed by atoms with van der Waals surface area (Å²) in [5.41, 5.74) is 2.84. The summed E-state index contributed by atoms with van der Waals surface area (Å²) in [7, 11) is 0. The van der Waals surface area contributed by atoms with E-state index in [2.05, 4.69) is 0 Å². The molecule has 0 aliphatic heterocycles. The summed E-state index contributed by atoms with van der Waals surface area (Å²) in [4.78, 5) is 0. The largest absolute Gasteiger partial charge is 0.508 e. The van der Waals surface area contributed by atoms with Crippen LogP contribution in [-0.2, 0) is 6.42 Å². The standard InChI is InChI=1S/C13H18O2/c1-9-7-11(12(14)8-10(9)2)3-4-13(15)5-6-13/h7-8,14-15H,3-6H2,1-2H3. The smallest absolute Gasteiger partial charge is 0.119 e. The van der Waals surface area contributed by atoms with E-state index in [4.69, 9.17) is 0 Å². The molecule has 1 aliphatic rings. The summed E-state index contributed by atoms with van der Waals surface area (Å²) in [6.45, 7) is 4.04. The third-order valence-electron chi connectivity index (χ3n) is 3.38. The van der Waals surface area contributed by atoms with Crippen LogP contribution in [0.1, 0.15) is 36.0 Å². The maximum Gasteiger partial charge on any atom is 0.119 e. The van der Waals surface area contributed by atoms with Crippen molar-refractivity contribution in [1.82, 2.24) is 0 Å². The minimum atomic E-state index is -0.425. The first kappa shape index (κ1) is 10.5. The molecule has 1 saturated carbocycles. The second-order valence-corrected chi connectivity index (χ2v) is 4.79. The molecule has 0 heterocycles. The van der Waals surface area contributed by atoms with E-state index in [0.29, 0.717) is 5.75 Å². The molecule has 0 aromatic heterocycles. The molecule has 0 amide bonds. The highest BCUT2D eigenvalue weighted by molar-refractivity contribution is 5.41. The summed E-state index contributed by atoms with van der Waals surface area (Å²) in [6, 6.07) is 3.83. The van der Waals surface area contributed by atoms with E-state index >= 15 is 0 Å². The molecule has 82 valence electrons. The molecule has 2 N–H and O–H groups in total. The zero-order valence-corrected chi connectivity index (χ0v) is 9.38. The molecule has 1 aromatic carbocycles. The minimum absolute atomic E-state index is 0.363. The Labute approximate surface area is 90.6 Å². The molecule has 1 aliphatic carbocycles. The Bertz CT molecular complexity index is 378. The van der Waals surface area contributed by atoms with Gasteiger partial charge in [-0.25, -0.2) is 0 Å². The van der Waals surface area contributed by atoms with Crippen LogP contribution in [0.25, 0.3) is 0 Å². The van der Waals surface area contributed by atoms with Crippen LogP contribution in [0, 0.1) is 13.8 Å². The van der Waals surface area contributed by atoms with Gasteiger partial charge in [-0.3, -0.25) is 0 Å². The summed E-state index contributed by atoms with van der Waals surface area (Å²) in [6.07, 6.45) is 3.36. The second kappa shape index (κ2) is 3.53. The van der Waals surface area contributed by atoms with Crippen molar-refractivity contribution in [3.05, 3.63) is 28.8 Å². The SMILES string of the molecule is Cc1cc(O)c(CCC2(O)CC2)cc1C. The summed E-state index contributed by atoms with van der Waals surface area (Å²) in [5.74, 6) is 0.363. The highest BCUT2D eigenvalue weighted by Gasteiger charge is 2.39. The third-order valence-corrected chi connectivity index (χ3v) is 3.38. The third kappa shape index (κ3) is 2.32. The predicted molar refractivity (Wildman–Crippen MR) is 60.1 cm³/mol. The van der Waals surface area contributed by atoms with Crippen molar-refractivity contribution in [3.63, 3.8) is 0 Å². The number of hydrogen-bond donors (Lipinski definition) is 2. The summed E-state index contributed by atoms with van der Waals surface area (Å²) >= 11 is 0. The van der Waals surface area contributed by atoms with Crippen molar-refractivity contribution in [2.45, 2.75) is 45.1 Å². The van der Waals surface area contributed by atoms with Crippen molar-refractivity contribution in [1.29, 1.82) is 0 Å². The number of hydrogen-bond acceptors (Lipinski definition) is 2. The first-order valence-electron chi connectivity index (χ1n) is 5.52. The summed E-state index contributed by atoms with van der Waals surface area (Å²) in [5, 5.41) is 19.5. The van der Waals surface area contributed by atoms with Crippen LogP contribution in [-0.4, -0.2) is 15.8 Å². The average molecular weight is 206 g/mol. The lowest BCUT2D eigenvalue weighted by molar-refractivity contribution is 0.140. The Balaban J connectivity index is 2.10. The van der Waals surface area contributed by atoms with Gasteiger partial charge in [0.05, 0.1) is 5.60 Å². The molecular weight excluding hydrogens is 188 g/mol. The molecule has 15 heavy (non-hydrogen) atoms. The number of aromatic hydroxyl groups is 1. The Morgan fingerprint density at radius 2 is 1.80 bits per heavy atom. The van der Waals surface area contributed by atoms with E-state index in [9.17, 15) is 10.2 Å². The molecular formula is C13H18O2. The highest BCUT2D eigenvalue weighted by atomic mass is 16.3. The normalized spacial score (nSPS) is 17.8. The first-order valence-corrected chi connectivity index (χ1v) is 5.52. The Kier molecular flexibility index (Phi) is 2.47. The van der Waals surface area contributed by atoms with Crippen LogP contribution in [0.4, 0.5) is 0 Å². The van der Waals surface area contributed by atoms with Gasteiger partial charge in [0.2, 0.25) is 0 Å². The zero-order valence-electron chi connectivity index (χ0n) is 9.38. The van der Waals surface area contributed by atoms with E-state index in [1.54, 1.807) is 0 Å². The van der Waals surface area contributed by atoms with Gasteiger partial charge in [0, 0.05) is 0 Å². The predicted octanol–water partition coefficient (Wildman–Crippen LogP) is 2.47. The van der Waals surface area contributed by atoms with Crippen molar-refractivity contribution < 1.29 is 10.2 Å². The van der Waals surface area contributed by atoms with Gasteiger partial charge >= 0.3 is 0 Å². The lowest BCUT2D eigenvalue weighted by Crippen LogP contribution is -2.07. The van der Waals surface area contributed by atoms with Crippen molar-refractivity contribution in [2.75, 3.05) is 0 Å². The van der Waals surface area contributed by atoms with Gasteiger partial charge in [-0.05, 0) is 62.3 Å². The van der Waals surface area contributed by atoms with E-state index in [-0.39, 0.29) is 0 Å². The van der Waals surface area contributed by atoms with Crippen LogP contribution in [0.5, 0.6) is 5.75 Å². The zero-order chi connectivity index (χ0) is 11.1. The van der Waals surface area contributed by atoms with E-state index < -0.39 is 5.60 Å². The van der Waals surface area contributed by atoms with Gasteiger partial charge in [0.25, 0.3) is 0 Å². The van der Waals surface area contributed by atoms with Crippen LogP contribution in [0.3, 0.4) is 0 Å². The average Bonchev–Trinajstić information content (AvgIpc) is 2.89. The fourth-order valence-corrected chi connectivity index (χ4v) is 1.82. The first-order chi connectivity index (χ1) is 7.00. The number of phenols is 1. The maximum absolute atomic E-state index is 9.75. The van der Waals surface area contributed by atoms with Gasteiger partial charge < -0.3 is 10.2 Å². The number of rotatable bonds is 3. The Morgan fingerprint density at radius 3 is 2.40 bits per heavy atom. The number of phenolic OH excluding ortho intramolecular Hbond substituents is 1. The van der Waals surface area contributed by atoms with E-state index in [1.165, 1.54) is 5.56 Å². The van der Waals surface area contributed by atoms with Gasteiger partial charge in [0.15, 0.2) is 0 Å². The van der Waals surface area contributed by atoms with Gasteiger partial charge in [0.1, 0.15) is 5.75 Å². The van der Waals surface area contributed by atoms with Crippen molar-refractivity contribution in [2.24, 2.45) is 0 Å². The topological polar surface area (TPSA) is 40.5 Å². The lowest BCUT2D eigenvalue weighted by atomic mass is 10.00. The number of aryl methyl sites for hydroxylation is 3. The van der Waals surface area contributed by atoms with Crippen LogP contribution in [0.2, 0.25) is 0 Å². The number of aliphatic hydroxyl groups is 1. The van der Waals surface area contributed by atoms with Gasteiger partial charge in [-0.1, -0.05) is 6.07 Å². The van der Waals surface area contributed by atoms with Crippen molar-refractivity contribution >= 4 is 0 Å². The van der Waals surface area contributed by atoms with E-state index in [0.717, 1.165) is 36.8 Å². The molecule has 1 aromatic rings. The molecule has 2 rings (SSSR count). The van der Waals surface area contributed by atoms with E-state index in [1.807, 2.05) is 26.0 Å². The highest BCUT2D eigenvalue weighted by Crippen LogP contribution is 2.40.